The first-order chi connectivity index (χ1) is 11.7. The molecule has 4 rings (SSSR count). The topological polar surface area (TPSA) is 36.1 Å². The summed E-state index contributed by atoms with van der Waals surface area (Å²) >= 11 is 12.7. The van der Waals surface area contributed by atoms with Crippen molar-refractivity contribution < 1.29 is 4.79 Å². The Balaban J connectivity index is 1.93. The molecule has 5 heteroatoms. The van der Waals surface area contributed by atoms with Gasteiger partial charge in [-0.3, -0.25) is 9.69 Å². The number of hydrogen-bond acceptors (Lipinski definition) is 1. The molecule has 0 aliphatic carbocycles. The maximum atomic E-state index is 13.1. The molecule has 0 atom stereocenters. The summed E-state index contributed by atoms with van der Waals surface area (Å²) in [6, 6.07) is 16.6. The SMILES string of the molecule is O=C1/C(=C\c2ccc[nH]2)c2ccccc2N1c1c(Cl)cccc1Cl. The average molecular weight is 355 g/mol. The first-order valence-electron chi connectivity index (χ1n) is 7.40. The molecular weight excluding hydrogens is 343 g/mol. The monoisotopic (exact) mass is 354 g/mol. The van der Waals surface area contributed by atoms with E-state index in [1.54, 1.807) is 23.1 Å². The maximum absolute atomic E-state index is 13.1. The predicted octanol–water partition coefficient (Wildman–Crippen LogP) is 5.54. The largest absolute Gasteiger partial charge is 0.362 e. The number of benzene rings is 2. The van der Waals surface area contributed by atoms with Crippen LogP contribution in [0, 0.1) is 0 Å². The predicted molar refractivity (Wildman–Crippen MR) is 98.7 cm³/mol. The molecule has 0 saturated carbocycles. The van der Waals surface area contributed by atoms with Gasteiger partial charge in [-0.15, -0.1) is 0 Å². The fourth-order valence-corrected chi connectivity index (χ4v) is 3.46. The molecule has 1 amide bonds. The van der Waals surface area contributed by atoms with Crippen LogP contribution in [0.25, 0.3) is 11.6 Å². The molecule has 0 spiro atoms. The van der Waals surface area contributed by atoms with E-state index in [4.69, 9.17) is 23.2 Å². The third-order valence-corrected chi connectivity index (χ3v) is 4.56. The molecule has 0 bridgehead atoms. The Morgan fingerprint density at radius 1 is 0.917 bits per heavy atom. The molecule has 2 heterocycles. The Bertz CT molecular complexity index is 941. The summed E-state index contributed by atoms with van der Waals surface area (Å²) in [4.78, 5) is 17.8. The number of para-hydroxylation sites is 2. The number of H-pyrrole nitrogens is 1. The van der Waals surface area contributed by atoms with Gasteiger partial charge in [-0.2, -0.15) is 0 Å². The molecule has 0 unspecified atom stereocenters. The highest BCUT2D eigenvalue weighted by Crippen LogP contribution is 2.46. The molecule has 1 N–H and O–H groups in total. The number of aromatic amines is 1. The lowest BCUT2D eigenvalue weighted by atomic mass is 10.1. The number of halogens is 2. The van der Waals surface area contributed by atoms with Crippen LogP contribution >= 0.6 is 23.2 Å². The second kappa shape index (κ2) is 5.86. The van der Waals surface area contributed by atoms with Crippen molar-refractivity contribution in [3.63, 3.8) is 0 Å². The highest BCUT2D eigenvalue weighted by Gasteiger charge is 2.35. The second-order valence-corrected chi connectivity index (χ2v) is 6.23. The van der Waals surface area contributed by atoms with Crippen LogP contribution in [0.3, 0.4) is 0 Å². The van der Waals surface area contributed by atoms with Gasteiger partial charge in [-0.25, -0.2) is 0 Å². The Morgan fingerprint density at radius 3 is 2.38 bits per heavy atom. The maximum Gasteiger partial charge on any atom is 0.263 e. The van der Waals surface area contributed by atoms with Gasteiger partial charge in [-0.1, -0.05) is 47.5 Å². The van der Waals surface area contributed by atoms with Crippen LogP contribution in [0.1, 0.15) is 11.3 Å². The zero-order valence-corrected chi connectivity index (χ0v) is 14.0. The molecule has 118 valence electrons. The van der Waals surface area contributed by atoms with Gasteiger partial charge in [0.25, 0.3) is 5.91 Å². The van der Waals surface area contributed by atoms with Crippen LogP contribution in [0.2, 0.25) is 10.0 Å². The summed E-state index contributed by atoms with van der Waals surface area (Å²) in [6.45, 7) is 0. The summed E-state index contributed by atoms with van der Waals surface area (Å²) in [5.41, 5.74) is 3.60. The van der Waals surface area contributed by atoms with E-state index in [1.165, 1.54) is 0 Å². The lowest BCUT2D eigenvalue weighted by Gasteiger charge is -2.20. The molecule has 3 aromatic rings. The van der Waals surface area contributed by atoms with Crippen LogP contribution < -0.4 is 4.90 Å². The number of amides is 1. The molecule has 0 fully saturated rings. The summed E-state index contributed by atoms with van der Waals surface area (Å²) in [7, 11) is 0. The van der Waals surface area contributed by atoms with Crippen molar-refractivity contribution in [3.8, 4) is 0 Å². The molecule has 0 radical (unpaired) electrons. The molecule has 0 saturated heterocycles. The zero-order valence-electron chi connectivity index (χ0n) is 12.5. The van der Waals surface area contributed by atoms with Crippen molar-refractivity contribution >= 4 is 52.1 Å². The summed E-state index contributed by atoms with van der Waals surface area (Å²) in [5, 5.41) is 0.874. The number of rotatable bonds is 2. The highest BCUT2D eigenvalue weighted by molar-refractivity contribution is 6.44. The van der Waals surface area contributed by atoms with Crippen molar-refractivity contribution in [1.29, 1.82) is 0 Å². The van der Waals surface area contributed by atoms with E-state index in [0.29, 0.717) is 21.3 Å². The molecular formula is C19H12Cl2N2O. The van der Waals surface area contributed by atoms with Crippen molar-refractivity contribution in [2.75, 3.05) is 4.90 Å². The number of carbonyl (C=O) groups is 1. The van der Waals surface area contributed by atoms with E-state index in [9.17, 15) is 4.79 Å². The van der Waals surface area contributed by atoms with Crippen LogP contribution in [0.5, 0.6) is 0 Å². The number of fused-ring (bicyclic) bond motifs is 1. The highest BCUT2D eigenvalue weighted by atomic mass is 35.5. The number of aromatic nitrogens is 1. The minimum absolute atomic E-state index is 0.152. The minimum atomic E-state index is -0.152. The molecule has 3 nitrogen and oxygen atoms in total. The van der Waals surface area contributed by atoms with E-state index in [0.717, 1.165) is 16.9 Å². The quantitative estimate of drug-likeness (QED) is 0.602. The van der Waals surface area contributed by atoms with Crippen LogP contribution in [0.4, 0.5) is 11.4 Å². The molecule has 1 aliphatic heterocycles. The number of anilines is 2. The van der Waals surface area contributed by atoms with Crippen LogP contribution in [0.15, 0.2) is 60.8 Å². The molecule has 24 heavy (non-hydrogen) atoms. The van der Waals surface area contributed by atoms with E-state index < -0.39 is 0 Å². The van der Waals surface area contributed by atoms with E-state index >= 15 is 0 Å². The van der Waals surface area contributed by atoms with E-state index in [1.807, 2.05) is 48.7 Å². The van der Waals surface area contributed by atoms with Crippen molar-refractivity contribution in [2.45, 2.75) is 0 Å². The standard InChI is InChI=1S/C19H12Cl2N2O/c20-15-7-3-8-16(21)18(15)23-17-9-2-1-6-13(17)14(19(23)24)11-12-5-4-10-22-12/h1-11,22H/b14-11-. The van der Waals surface area contributed by atoms with E-state index in [2.05, 4.69) is 4.98 Å². The molecule has 1 aromatic heterocycles. The first kappa shape index (κ1) is 15.1. The summed E-state index contributed by atoms with van der Waals surface area (Å²) in [6.07, 6.45) is 3.66. The average Bonchev–Trinajstić information content (AvgIpc) is 3.17. The Kier molecular flexibility index (Phi) is 3.68. The van der Waals surface area contributed by atoms with Gasteiger partial charge in [0.2, 0.25) is 0 Å². The van der Waals surface area contributed by atoms with Gasteiger partial charge < -0.3 is 4.98 Å². The fraction of sp³-hybridized carbons (Fsp3) is 0. The van der Waals surface area contributed by atoms with Crippen molar-refractivity contribution in [1.82, 2.24) is 4.98 Å². The zero-order chi connectivity index (χ0) is 16.7. The van der Waals surface area contributed by atoms with Crippen LogP contribution in [-0.2, 0) is 4.79 Å². The third kappa shape index (κ3) is 2.33. The Labute approximate surface area is 149 Å². The van der Waals surface area contributed by atoms with Gasteiger partial charge >= 0.3 is 0 Å². The normalized spacial score (nSPS) is 15.2. The van der Waals surface area contributed by atoms with Gasteiger partial charge in [-0.05, 0) is 36.4 Å². The summed E-state index contributed by atoms with van der Waals surface area (Å²) < 4.78 is 0. The van der Waals surface area contributed by atoms with Gasteiger partial charge in [0.1, 0.15) is 0 Å². The lowest BCUT2D eigenvalue weighted by molar-refractivity contribution is -0.112. The first-order valence-corrected chi connectivity index (χ1v) is 8.15. The van der Waals surface area contributed by atoms with Crippen molar-refractivity contribution in [3.05, 3.63) is 82.1 Å². The lowest BCUT2D eigenvalue weighted by Crippen LogP contribution is -2.21. The van der Waals surface area contributed by atoms with Gasteiger partial charge in [0.05, 0.1) is 27.0 Å². The van der Waals surface area contributed by atoms with Gasteiger partial charge in [0, 0.05) is 17.5 Å². The Hall–Kier alpha value is -2.49. The van der Waals surface area contributed by atoms with E-state index in [-0.39, 0.29) is 5.91 Å². The third-order valence-electron chi connectivity index (χ3n) is 3.95. The summed E-state index contributed by atoms with van der Waals surface area (Å²) in [5.74, 6) is -0.152. The fourth-order valence-electron chi connectivity index (χ4n) is 2.90. The van der Waals surface area contributed by atoms with Crippen molar-refractivity contribution in [2.24, 2.45) is 0 Å². The number of hydrogen-bond donors (Lipinski definition) is 1. The molecule has 1 aliphatic rings. The smallest absolute Gasteiger partial charge is 0.263 e. The minimum Gasteiger partial charge on any atom is -0.362 e. The van der Waals surface area contributed by atoms with Crippen LogP contribution in [-0.4, -0.2) is 10.9 Å². The Morgan fingerprint density at radius 2 is 1.67 bits per heavy atom. The molecule has 2 aromatic carbocycles. The van der Waals surface area contributed by atoms with Gasteiger partial charge in [0.15, 0.2) is 0 Å². The number of nitrogens with one attached hydrogen (secondary N) is 1. The number of carbonyl (C=O) groups excluding carboxylic acids is 1. The second-order valence-electron chi connectivity index (χ2n) is 5.41. The number of nitrogens with zero attached hydrogens (tertiary/aromatic N) is 1.